The number of benzene rings is 3. The summed E-state index contributed by atoms with van der Waals surface area (Å²) in [6, 6.07) is 28.3. The second kappa shape index (κ2) is 14.1. The van der Waals surface area contributed by atoms with Gasteiger partial charge in [0, 0.05) is 34.6 Å². The van der Waals surface area contributed by atoms with Crippen LogP contribution in [0.2, 0.25) is 0 Å². The molecule has 0 radical (unpaired) electrons. The minimum absolute atomic E-state index is 0.110. The predicted octanol–water partition coefficient (Wildman–Crippen LogP) is 10.1. The van der Waals surface area contributed by atoms with Crippen LogP contribution in [0, 0.1) is 23.7 Å². The maximum absolute atomic E-state index is 6.87. The van der Waals surface area contributed by atoms with E-state index in [0.717, 1.165) is 60.0 Å². The fourth-order valence-corrected chi connectivity index (χ4v) is 10.2. The Labute approximate surface area is 329 Å². The first-order valence-corrected chi connectivity index (χ1v) is 20.5. The third kappa shape index (κ3) is 5.90. The highest BCUT2D eigenvalue weighted by Gasteiger charge is 2.49. The van der Waals surface area contributed by atoms with Crippen LogP contribution in [0.1, 0.15) is 72.5 Å². The van der Waals surface area contributed by atoms with Crippen molar-refractivity contribution in [3.8, 4) is 5.75 Å². The molecule has 4 heterocycles. The van der Waals surface area contributed by atoms with Crippen molar-refractivity contribution in [2.75, 3.05) is 0 Å². The second-order valence-corrected chi connectivity index (χ2v) is 16.2. The maximum Gasteiger partial charge on any atom is 0.162 e. The summed E-state index contributed by atoms with van der Waals surface area (Å²) < 4.78 is 13.5. The van der Waals surface area contributed by atoms with E-state index in [4.69, 9.17) is 19.5 Å². The van der Waals surface area contributed by atoms with Gasteiger partial charge in [-0.1, -0.05) is 152 Å². The molecule has 9 unspecified atom stereocenters. The normalized spacial score (nSPS) is 32.1. The zero-order chi connectivity index (χ0) is 37.0. The van der Waals surface area contributed by atoms with Crippen LogP contribution in [0.15, 0.2) is 179 Å². The Balaban J connectivity index is 0.951. The van der Waals surface area contributed by atoms with E-state index in [-0.39, 0.29) is 42.2 Å². The van der Waals surface area contributed by atoms with Crippen molar-refractivity contribution in [3.05, 3.63) is 191 Å². The SMILES string of the molecule is C1=CCC(C2=C(c3ccc(C4N=C(C5=C6Oc7ccccc7C6CC=C5)N=C(C5CCCC6C7C=CC=CC7OC56)N4)cc3)C=CC(c3ccccc3)N2)C=C1. The van der Waals surface area contributed by atoms with E-state index in [1.165, 1.54) is 34.4 Å². The molecule has 9 atom stereocenters. The van der Waals surface area contributed by atoms with Crippen LogP contribution < -0.4 is 15.4 Å². The van der Waals surface area contributed by atoms with Gasteiger partial charge in [-0.3, -0.25) is 0 Å². The first-order valence-electron chi connectivity index (χ1n) is 20.5. The van der Waals surface area contributed by atoms with Gasteiger partial charge in [0.2, 0.25) is 0 Å². The number of nitrogens with zero attached hydrogens (tertiary/aromatic N) is 2. The van der Waals surface area contributed by atoms with E-state index in [0.29, 0.717) is 11.8 Å². The van der Waals surface area contributed by atoms with Gasteiger partial charge in [0.05, 0.1) is 29.7 Å². The van der Waals surface area contributed by atoms with Crippen LogP contribution in [0.4, 0.5) is 0 Å². The number of nitrogens with one attached hydrogen (secondary N) is 2. The smallest absolute Gasteiger partial charge is 0.162 e. The monoisotopic (exact) mass is 734 g/mol. The van der Waals surface area contributed by atoms with Crippen molar-refractivity contribution in [3.63, 3.8) is 0 Å². The number of fused-ring (bicyclic) bond motifs is 6. The van der Waals surface area contributed by atoms with Crippen LogP contribution in [0.25, 0.3) is 5.57 Å². The molecule has 3 aromatic carbocycles. The highest BCUT2D eigenvalue weighted by molar-refractivity contribution is 6.10. The van der Waals surface area contributed by atoms with E-state index >= 15 is 0 Å². The average Bonchev–Trinajstić information content (AvgIpc) is 3.86. The Morgan fingerprint density at radius 1 is 0.696 bits per heavy atom. The number of hydrogen-bond acceptors (Lipinski definition) is 6. The molecule has 0 aromatic heterocycles. The highest BCUT2D eigenvalue weighted by Crippen LogP contribution is 2.49. The molecule has 4 aliphatic carbocycles. The summed E-state index contributed by atoms with van der Waals surface area (Å²) in [6.45, 7) is 0. The van der Waals surface area contributed by atoms with Crippen molar-refractivity contribution in [1.82, 2.24) is 10.6 Å². The molecule has 3 aromatic rings. The van der Waals surface area contributed by atoms with Gasteiger partial charge in [0.1, 0.15) is 23.5 Å². The summed E-state index contributed by atoms with van der Waals surface area (Å²) in [6.07, 6.45) is 32.1. The highest BCUT2D eigenvalue weighted by atomic mass is 16.5. The summed E-state index contributed by atoms with van der Waals surface area (Å²) in [5.74, 6) is 5.15. The van der Waals surface area contributed by atoms with Crippen molar-refractivity contribution in [2.24, 2.45) is 33.7 Å². The van der Waals surface area contributed by atoms with Crippen molar-refractivity contribution >= 4 is 17.2 Å². The molecule has 6 nitrogen and oxygen atoms in total. The molecule has 0 bridgehead atoms. The third-order valence-corrected chi connectivity index (χ3v) is 13.0. The van der Waals surface area contributed by atoms with Crippen LogP contribution in [0.3, 0.4) is 0 Å². The van der Waals surface area contributed by atoms with Gasteiger partial charge in [-0.15, -0.1) is 0 Å². The van der Waals surface area contributed by atoms with Crippen LogP contribution in [0.5, 0.6) is 5.75 Å². The molecule has 0 spiro atoms. The zero-order valence-corrected chi connectivity index (χ0v) is 31.4. The van der Waals surface area contributed by atoms with Crippen LogP contribution in [-0.4, -0.2) is 23.9 Å². The molecule has 0 amide bonds. The lowest BCUT2D eigenvalue weighted by Crippen LogP contribution is -2.46. The van der Waals surface area contributed by atoms with Gasteiger partial charge >= 0.3 is 0 Å². The van der Waals surface area contributed by atoms with Gasteiger partial charge in [-0.25, -0.2) is 9.98 Å². The van der Waals surface area contributed by atoms with E-state index in [2.05, 4.69) is 156 Å². The number of dihydropyridines is 1. The second-order valence-electron chi connectivity index (χ2n) is 16.2. The van der Waals surface area contributed by atoms with E-state index < -0.39 is 0 Å². The van der Waals surface area contributed by atoms with Gasteiger partial charge < -0.3 is 20.1 Å². The lowest BCUT2D eigenvalue weighted by atomic mass is 9.72. The fraction of sp³-hybridized carbons (Fsp3) is 0.280. The quantitative estimate of drug-likeness (QED) is 0.265. The molecular weight excluding hydrogens is 689 g/mol. The van der Waals surface area contributed by atoms with Crippen molar-refractivity contribution < 1.29 is 9.47 Å². The number of rotatable bonds is 6. The predicted molar refractivity (Wildman–Crippen MR) is 224 cm³/mol. The molecule has 2 N–H and O–H groups in total. The van der Waals surface area contributed by atoms with E-state index in [9.17, 15) is 0 Å². The minimum atomic E-state index is -0.302. The molecule has 1 saturated heterocycles. The molecule has 4 aliphatic heterocycles. The lowest BCUT2D eigenvalue weighted by molar-refractivity contribution is 0.0170. The topological polar surface area (TPSA) is 67.2 Å². The summed E-state index contributed by atoms with van der Waals surface area (Å²) in [4.78, 5) is 10.8. The number of aliphatic imine (C=N–C) groups is 2. The fourth-order valence-electron chi connectivity index (χ4n) is 10.2. The molecular formula is C50H46N4O2. The Morgan fingerprint density at radius 2 is 1.55 bits per heavy atom. The number of allylic oxidation sites excluding steroid dienone is 10. The van der Waals surface area contributed by atoms with Gasteiger partial charge in [0.25, 0.3) is 0 Å². The summed E-state index contributed by atoms with van der Waals surface area (Å²) >= 11 is 0. The first kappa shape index (κ1) is 33.6. The molecule has 8 aliphatic rings. The average molecular weight is 735 g/mol. The third-order valence-electron chi connectivity index (χ3n) is 13.0. The molecule has 6 heteroatoms. The molecule has 2 fully saturated rings. The van der Waals surface area contributed by atoms with E-state index in [1.807, 2.05) is 6.07 Å². The maximum atomic E-state index is 6.87. The Bertz CT molecular complexity index is 2360. The first-order chi connectivity index (χ1) is 27.7. The zero-order valence-electron chi connectivity index (χ0n) is 31.4. The van der Waals surface area contributed by atoms with Gasteiger partial charge in [0.15, 0.2) is 5.84 Å². The summed E-state index contributed by atoms with van der Waals surface area (Å²) in [5, 5.41) is 7.79. The summed E-state index contributed by atoms with van der Waals surface area (Å²) in [7, 11) is 0. The van der Waals surface area contributed by atoms with Crippen molar-refractivity contribution in [2.45, 2.75) is 62.4 Å². The molecule has 278 valence electrons. The van der Waals surface area contributed by atoms with Crippen LogP contribution in [-0.2, 0) is 4.74 Å². The van der Waals surface area contributed by atoms with Gasteiger partial charge in [-0.05, 0) is 54.4 Å². The Kier molecular flexibility index (Phi) is 8.46. The molecule has 1 saturated carbocycles. The Hall–Kier alpha value is -5.72. The number of hydrogen-bond donors (Lipinski definition) is 2. The summed E-state index contributed by atoms with van der Waals surface area (Å²) in [5.41, 5.74) is 8.27. The largest absolute Gasteiger partial charge is 0.460 e. The molecule has 56 heavy (non-hydrogen) atoms. The van der Waals surface area contributed by atoms with E-state index in [1.54, 1.807) is 0 Å². The number of ether oxygens (including phenoxy) is 2. The van der Waals surface area contributed by atoms with Crippen LogP contribution >= 0.6 is 0 Å². The van der Waals surface area contributed by atoms with Gasteiger partial charge in [-0.2, -0.15) is 0 Å². The number of amidine groups is 2. The minimum Gasteiger partial charge on any atom is -0.460 e. The Morgan fingerprint density at radius 3 is 2.45 bits per heavy atom. The number of para-hydroxylation sites is 1. The lowest BCUT2D eigenvalue weighted by Gasteiger charge is -2.37. The standard InChI is InChI=1S/C50H46N4O2/c1-3-13-32(14-4-1)42-30-29-35(45(51-42)33-15-5-2-6-16-33)31-25-27-34(28-26-31)48-52-49(40-21-11-19-38-36-17-7-9-23-43(36)55-46(38)40)54-50(53-48)41-22-12-20-39-37-18-8-10-24-44(37)56-47(39)41/h1-11,13-15,17-18,21,23-30,33,37-39,41-42,44,47-48,51H,12,16,19-20,22H2,(H,52,53,54). The molecule has 11 rings (SSSR count). The van der Waals surface area contributed by atoms with Crippen molar-refractivity contribution in [1.29, 1.82) is 0 Å².